The number of halogens is 2. The Kier molecular flexibility index (Phi) is 3.96. The fraction of sp³-hybridized carbons (Fsp3) is 0.0909. The number of nitrogens with zero attached hydrogens (tertiary/aromatic N) is 3. The molecule has 2 aromatic heterocycles. The van der Waals surface area contributed by atoms with Crippen molar-refractivity contribution < 1.29 is 4.92 Å². The van der Waals surface area contributed by atoms with E-state index in [4.69, 9.17) is 11.6 Å². The molecular weight excluding hydrogens is 337 g/mol. The van der Waals surface area contributed by atoms with Gasteiger partial charge in [0.1, 0.15) is 0 Å². The Balaban J connectivity index is 2.45. The number of aromatic nitrogens is 2. The predicted molar refractivity (Wildman–Crippen MR) is 73.4 cm³/mol. The lowest BCUT2D eigenvalue weighted by atomic mass is 10.3. The smallest absolute Gasteiger partial charge is 0.286 e. The summed E-state index contributed by atoms with van der Waals surface area (Å²) in [5, 5.41) is 11.2. The van der Waals surface area contributed by atoms with Gasteiger partial charge in [-0.3, -0.25) is 19.9 Å². The van der Waals surface area contributed by atoms with E-state index in [-0.39, 0.29) is 22.3 Å². The summed E-state index contributed by atoms with van der Waals surface area (Å²) in [6, 6.07) is 4.38. The Morgan fingerprint density at radius 1 is 1.47 bits per heavy atom. The van der Waals surface area contributed by atoms with Crippen molar-refractivity contribution in [2.24, 2.45) is 0 Å². The van der Waals surface area contributed by atoms with Gasteiger partial charge >= 0.3 is 0 Å². The molecule has 0 aliphatic heterocycles. The van der Waals surface area contributed by atoms with Crippen molar-refractivity contribution in [2.45, 2.75) is 6.54 Å². The Labute approximate surface area is 120 Å². The van der Waals surface area contributed by atoms with E-state index < -0.39 is 4.92 Å². The molecule has 0 saturated heterocycles. The number of rotatable bonds is 3. The van der Waals surface area contributed by atoms with Gasteiger partial charge in [-0.1, -0.05) is 11.6 Å². The highest BCUT2D eigenvalue weighted by Crippen LogP contribution is 2.15. The van der Waals surface area contributed by atoms with E-state index >= 15 is 0 Å². The third-order valence-corrected chi connectivity index (χ3v) is 3.15. The van der Waals surface area contributed by atoms with Crippen LogP contribution in [0.2, 0.25) is 5.02 Å². The molecule has 0 N–H and O–H groups in total. The number of nitro groups is 1. The normalized spacial score (nSPS) is 10.4. The summed E-state index contributed by atoms with van der Waals surface area (Å²) < 4.78 is 1.34. The largest absolute Gasteiger partial charge is 0.302 e. The molecule has 8 heteroatoms. The first kappa shape index (κ1) is 13.7. The summed E-state index contributed by atoms with van der Waals surface area (Å²) in [4.78, 5) is 26.1. The van der Waals surface area contributed by atoms with Crippen molar-refractivity contribution in [1.82, 2.24) is 9.55 Å². The topological polar surface area (TPSA) is 78.0 Å². The van der Waals surface area contributed by atoms with Gasteiger partial charge in [0, 0.05) is 17.3 Å². The Hall–Kier alpha value is -1.73. The zero-order valence-corrected chi connectivity index (χ0v) is 11.8. The van der Waals surface area contributed by atoms with Gasteiger partial charge in [-0.2, -0.15) is 0 Å². The third-order valence-electron chi connectivity index (χ3n) is 2.35. The molecule has 98 valence electrons. The molecule has 2 heterocycles. The van der Waals surface area contributed by atoms with Gasteiger partial charge in [0.25, 0.3) is 11.2 Å². The lowest BCUT2D eigenvalue weighted by Crippen LogP contribution is -2.21. The van der Waals surface area contributed by atoms with Crippen LogP contribution in [-0.2, 0) is 6.54 Å². The maximum absolute atomic E-state index is 11.9. The molecule has 0 aliphatic carbocycles. The van der Waals surface area contributed by atoms with Crippen LogP contribution >= 0.6 is 27.5 Å². The molecule has 0 saturated carbocycles. The maximum atomic E-state index is 11.9. The van der Waals surface area contributed by atoms with Crippen molar-refractivity contribution in [1.29, 1.82) is 0 Å². The molecule has 0 fully saturated rings. The third kappa shape index (κ3) is 3.18. The van der Waals surface area contributed by atoms with Crippen LogP contribution in [0, 0.1) is 10.1 Å². The monoisotopic (exact) mass is 343 g/mol. The molecule has 2 rings (SSSR count). The van der Waals surface area contributed by atoms with Crippen LogP contribution in [0.15, 0.2) is 39.9 Å². The first-order valence-corrected chi connectivity index (χ1v) is 6.29. The number of hydrogen-bond acceptors (Lipinski definition) is 4. The standard InChI is InChI=1S/C11H7BrClN3O3/c12-10-4-9(16(18)19)6-15(11(10)17)5-8-3-7(13)1-2-14-8/h1-4,6H,5H2. The summed E-state index contributed by atoms with van der Waals surface area (Å²) >= 11 is 8.83. The van der Waals surface area contributed by atoms with Gasteiger partial charge in [-0.05, 0) is 28.1 Å². The summed E-state index contributed by atoms with van der Waals surface area (Å²) in [5.41, 5.74) is 0.00266. The quantitative estimate of drug-likeness (QED) is 0.633. The van der Waals surface area contributed by atoms with E-state index in [0.717, 1.165) is 0 Å². The van der Waals surface area contributed by atoms with Crippen LogP contribution in [0.5, 0.6) is 0 Å². The first-order chi connectivity index (χ1) is 8.97. The van der Waals surface area contributed by atoms with Gasteiger partial charge < -0.3 is 4.57 Å². The molecular formula is C11H7BrClN3O3. The second-order valence-corrected chi connectivity index (χ2v) is 4.99. The van der Waals surface area contributed by atoms with Crippen molar-refractivity contribution in [3.63, 3.8) is 0 Å². The minimum absolute atomic E-state index is 0.111. The first-order valence-electron chi connectivity index (χ1n) is 5.12. The van der Waals surface area contributed by atoms with Gasteiger partial charge in [0.05, 0.1) is 27.8 Å². The summed E-state index contributed by atoms with van der Waals surface area (Å²) in [7, 11) is 0. The number of pyridine rings is 2. The van der Waals surface area contributed by atoms with Crippen LogP contribution < -0.4 is 5.56 Å². The predicted octanol–water partition coefficient (Wildman–Crippen LogP) is 2.62. The van der Waals surface area contributed by atoms with Crippen LogP contribution in [0.25, 0.3) is 0 Å². The van der Waals surface area contributed by atoms with Crippen LogP contribution in [0.3, 0.4) is 0 Å². The van der Waals surface area contributed by atoms with Crippen LogP contribution in [0.1, 0.15) is 5.69 Å². The van der Waals surface area contributed by atoms with E-state index in [1.54, 1.807) is 12.1 Å². The zero-order valence-electron chi connectivity index (χ0n) is 9.42. The number of hydrogen-bond donors (Lipinski definition) is 0. The van der Waals surface area contributed by atoms with E-state index in [1.807, 2.05) is 0 Å². The summed E-state index contributed by atoms with van der Waals surface area (Å²) in [5.74, 6) is 0. The van der Waals surface area contributed by atoms with E-state index in [0.29, 0.717) is 10.7 Å². The molecule has 0 radical (unpaired) electrons. The molecule has 0 spiro atoms. The van der Waals surface area contributed by atoms with Crippen molar-refractivity contribution >= 4 is 33.2 Å². The summed E-state index contributed by atoms with van der Waals surface area (Å²) in [6.07, 6.45) is 2.69. The maximum Gasteiger partial charge on any atom is 0.286 e. The molecule has 0 amide bonds. The Morgan fingerprint density at radius 3 is 2.84 bits per heavy atom. The van der Waals surface area contributed by atoms with Crippen molar-refractivity contribution in [3.05, 3.63) is 66.3 Å². The zero-order chi connectivity index (χ0) is 14.0. The molecule has 0 bridgehead atoms. The van der Waals surface area contributed by atoms with E-state index in [1.165, 1.54) is 23.0 Å². The molecule has 0 atom stereocenters. The SMILES string of the molecule is O=c1c(Br)cc([N+](=O)[O-])cn1Cc1cc(Cl)ccn1. The van der Waals surface area contributed by atoms with Crippen LogP contribution in [-0.4, -0.2) is 14.5 Å². The minimum Gasteiger partial charge on any atom is -0.302 e. The lowest BCUT2D eigenvalue weighted by Gasteiger charge is -2.06. The highest BCUT2D eigenvalue weighted by Gasteiger charge is 2.12. The molecule has 2 aromatic rings. The van der Waals surface area contributed by atoms with Crippen molar-refractivity contribution in [3.8, 4) is 0 Å². The highest BCUT2D eigenvalue weighted by atomic mass is 79.9. The molecule has 19 heavy (non-hydrogen) atoms. The molecule has 6 nitrogen and oxygen atoms in total. The second-order valence-electron chi connectivity index (χ2n) is 3.70. The molecule has 0 aliphatic rings. The summed E-state index contributed by atoms with van der Waals surface area (Å²) in [6.45, 7) is 0.111. The van der Waals surface area contributed by atoms with Gasteiger partial charge in [-0.25, -0.2) is 0 Å². The average molecular weight is 345 g/mol. The lowest BCUT2D eigenvalue weighted by molar-refractivity contribution is -0.385. The Bertz CT molecular complexity index is 702. The van der Waals surface area contributed by atoms with Gasteiger partial charge in [0.2, 0.25) is 0 Å². The van der Waals surface area contributed by atoms with Gasteiger partial charge in [0.15, 0.2) is 0 Å². The fourth-order valence-corrected chi connectivity index (χ4v) is 2.16. The van der Waals surface area contributed by atoms with Crippen LogP contribution in [0.4, 0.5) is 5.69 Å². The highest BCUT2D eigenvalue weighted by molar-refractivity contribution is 9.10. The minimum atomic E-state index is -0.563. The average Bonchev–Trinajstić information content (AvgIpc) is 2.34. The fourth-order valence-electron chi connectivity index (χ4n) is 1.51. The van der Waals surface area contributed by atoms with E-state index in [9.17, 15) is 14.9 Å². The van der Waals surface area contributed by atoms with Gasteiger partial charge in [-0.15, -0.1) is 0 Å². The molecule has 0 aromatic carbocycles. The molecule has 0 unspecified atom stereocenters. The Morgan fingerprint density at radius 2 is 2.21 bits per heavy atom. The van der Waals surface area contributed by atoms with E-state index in [2.05, 4.69) is 20.9 Å². The second kappa shape index (κ2) is 5.50. The van der Waals surface area contributed by atoms with Crippen molar-refractivity contribution in [2.75, 3.05) is 0 Å².